The second-order valence-electron chi connectivity index (χ2n) is 3.95. The van der Waals surface area contributed by atoms with Gasteiger partial charge in [-0.15, -0.1) is 0 Å². The highest BCUT2D eigenvalue weighted by Crippen LogP contribution is 1.95. The van der Waals surface area contributed by atoms with Gasteiger partial charge < -0.3 is 10.2 Å². The molecule has 0 saturated carbocycles. The highest BCUT2D eigenvalue weighted by Gasteiger charge is 2.08. The Morgan fingerprint density at radius 2 is 1.06 bits per heavy atom. The van der Waals surface area contributed by atoms with Gasteiger partial charge in [0.1, 0.15) is 0 Å². The quantitative estimate of drug-likeness (QED) is 0.511. The van der Waals surface area contributed by atoms with Gasteiger partial charge in [0.25, 0.3) is 0 Å². The predicted molar refractivity (Wildman–Crippen MR) is 67.5 cm³/mol. The molecule has 0 radical (unpaired) electrons. The van der Waals surface area contributed by atoms with Gasteiger partial charge in [-0.3, -0.25) is 9.80 Å². The molecular weight excluding hydrogens is 232 g/mol. The van der Waals surface area contributed by atoms with Crippen LogP contribution in [0.5, 0.6) is 0 Å². The molecule has 0 spiro atoms. The molecule has 2 N–H and O–H groups in total. The van der Waals surface area contributed by atoms with Gasteiger partial charge in [0.2, 0.25) is 0 Å². The average Bonchev–Trinajstić information content (AvgIpc) is 2.38. The van der Waals surface area contributed by atoms with E-state index in [0.717, 1.165) is 13.1 Å². The van der Waals surface area contributed by atoms with Crippen LogP contribution in [0.25, 0.3) is 0 Å². The monoisotopic (exact) mass is 254 g/mol. The third-order valence-corrected chi connectivity index (χ3v) is 2.64. The van der Waals surface area contributed by atoms with Crippen molar-refractivity contribution >= 4 is 0 Å². The number of rotatable bonds is 11. The lowest BCUT2D eigenvalue weighted by Gasteiger charge is -2.25. The lowest BCUT2D eigenvalue weighted by molar-refractivity contribution is 0.154. The maximum atomic E-state index is 8.92. The van der Waals surface area contributed by atoms with E-state index in [2.05, 4.69) is 12.1 Å². The van der Waals surface area contributed by atoms with Crippen molar-refractivity contribution in [1.82, 2.24) is 9.80 Å². The smallest absolute Gasteiger partial charge is 0.0635 e. The topological polar surface area (TPSA) is 94.5 Å². The van der Waals surface area contributed by atoms with Crippen LogP contribution < -0.4 is 0 Å². The van der Waals surface area contributed by atoms with Gasteiger partial charge in [0, 0.05) is 52.1 Å². The van der Waals surface area contributed by atoms with Crippen molar-refractivity contribution in [2.24, 2.45) is 0 Å². The van der Waals surface area contributed by atoms with Gasteiger partial charge in [0.15, 0.2) is 0 Å². The molecule has 0 heterocycles. The van der Waals surface area contributed by atoms with Crippen LogP contribution in [0.2, 0.25) is 0 Å². The molecule has 0 atom stereocenters. The van der Waals surface area contributed by atoms with Gasteiger partial charge in [0.05, 0.1) is 25.4 Å². The van der Waals surface area contributed by atoms with E-state index in [1.165, 1.54) is 0 Å². The maximum absolute atomic E-state index is 8.92. The van der Waals surface area contributed by atoms with E-state index in [1.54, 1.807) is 0 Å². The lowest BCUT2D eigenvalue weighted by atomic mass is 10.3. The van der Waals surface area contributed by atoms with Gasteiger partial charge in [-0.1, -0.05) is 0 Å². The van der Waals surface area contributed by atoms with Crippen LogP contribution >= 0.6 is 0 Å². The molecule has 102 valence electrons. The Balaban J connectivity index is 4.01. The Hall–Kier alpha value is -1.18. The van der Waals surface area contributed by atoms with Gasteiger partial charge in [-0.2, -0.15) is 10.5 Å². The predicted octanol–water partition coefficient (Wildman–Crippen LogP) is -0.598. The molecule has 18 heavy (non-hydrogen) atoms. The summed E-state index contributed by atoms with van der Waals surface area (Å²) in [4.78, 5) is 4.03. The summed E-state index contributed by atoms with van der Waals surface area (Å²) < 4.78 is 0. The van der Waals surface area contributed by atoms with E-state index in [1.807, 2.05) is 9.80 Å². The first kappa shape index (κ1) is 16.8. The highest BCUT2D eigenvalue weighted by atomic mass is 16.3. The molecule has 0 fully saturated rings. The first-order chi connectivity index (χ1) is 8.78. The standard InChI is InChI=1S/C12H22N4O2/c13-3-1-5-15(9-11-17)7-8-16(10-12-18)6-2-4-14/h17-18H,1-2,5-12H2. The van der Waals surface area contributed by atoms with E-state index >= 15 is 0 Å². The fourth-order valence-corrected chi connectivity index (χ4v) is 1.65. The minimum atomic E-state index is 0.0730. The van der Waals surface area contributed by atoms with E-state index in [0.29, 0.717) is 39.0 Å². The molecule has 0 rings (SSSR count). The molecular formula is C12H22N4O2. The van der Waals surface area contributed by atoms with Gasteiger partial charge >= 0.3 is 0 Å². The largest absolute Gasteiger partial charge is 0.395 e. The minimum Gasteiger partial charge on any atom is -0.395 e. The van der Waals surface area contributed by atoms with Crippen molar-refractivity contribution in [3.8, 4) is 12.1 Å². The second kappa shape index (κ2) is 12.3. The number of nitriles is 2. The Bertz CT molecular complexity index is 244. The third kappa shape index (κ3) is 8.91. The Morgan fingerprint density at radius 3 is 1.33 bits per heavy atom. The van der Waals surface area contributed by atoms with Crippen LogP contribution in [0.4, 0.5) is 0 Å². The maximum Gasteiger partial charge on any atom is 0.0635 e. The van der Waals surface area contributed by atoms with Crippen LogP contribution in [0.1, 0.15) is 12.8 Å². The molecule has 6 nitrogen and oxygen atoms in total. The van der Waals surface area contributed by atoms with Crippen LogP contribution in [0, 0.1) is 22.7 Å². The number of nitrogens with zero attached hydrogens (tertiary/aromatic N) is 4. The van der Waals surface area contributed by atoms with Crippen LogP contribution in [0.15, 0.2) is 0 Å². The van der Waals surface area contributed by atoms with Crippen molar-refractivity contribution in [2.75, 3.05) is 52.5 Å². The number of aliphatic hydroxyl groups is 2. The molecule has 0 aromatic carbocycles. The third-order valence-electron chi connectivity index (χ3n) is 2.64. The summed E-state index contributed by atoms with van der Waals surface area (Å²) in [7, 11) is 0. The summed E-state index contributed by atoms with van der Waals surface area (Å²) in [5.74, 6) is 0. The minimum absolute atomic E-state index is 0.0730. The zero-order valence-corrected chi connectivity index (χ0v) is 10.8. The summed E-state index contributed by atoms with van der Waals surface area (Å²) in [5, 5.41) is 34.9. The van der Waals surface area contributed by atoms with Gasteiger partial charge in [-0.05, 0) is 0 Å². The molecule has 0 aliphatic heterocycles. The SMILES string of the molecule is N#CCCN(CCO)CCN(CCO)CCC#N. The fraction of sp³-hybridized carbons (Fsp3) is 0.833. The first-order valence-electron chi connectivity index (χ1n) is 6.18. The van der Waals surface area contributed by atoms with E-state index < -0.39 is 0 Å². The molecule has 6 heteroatoms. The van der Waals surface area contributed by atoms with Crippen molar-refractivity contribution in [3.05, 3.63) is 0 Å². The van der Waals surface area contributed by atoms with E-state index in [-0.39, 0.29) is 13.2 Å². The summed E-state index contributed by atoms with van der Waals surface area (Å²) >= 11 is 0. The van der Waals surface area contributed by atoms with E-state index in [4.69, 9.17) is 20.7 Å². The zero-order valence-electron chi connectivity index (χ0n) is 10.8. The molecule has 0 saturated heterocycles. The fourth-order valence-electron chi connectivity index (χ4n) is 1.65. The summed E-state index contributed by atoms with van der Waals surface area (Å²) in [6, 6.07) is 4.17. The summed E-state index contributed by atoms with van der Waals surface area (Å²) in [6.07, 6.45) is 0.885. The molecule has 0 bridgehead atoms. The summed E-state index contributed by atoms with van der Waals surface area (Å²) in [5.41, 5.74) is 0. The van der Waals surface area contributed by atoms with Gasteiger partial charge in [-0.25, -0.2) is 0 Å². The van der Waals surface area contributed by atoms with Crippen LogP contribution in [-0.4, -0.2) is 72.5 Å². The average molecular weight is 254 g/mol. The first-order valence-corrected chi connectivity index (χ1v) is 6.18. The number of hydrogen-bond acceptors (Lipinski definition) is 6. The zero-order chi connectivity index (χ0) is 13.6. The summed E-state index contributed by atoms with van der Waals surface area (Å²) in [6.45, 7) is 3.99. The van der Waals surface area contributed by atoms with Crippen molar-refractivity contribution in [1.29, 1.82) is 10.5 Å². The van der Waals surface area contributed by atoms with Crippen LogP contribution in [0.3, 0.4) is 0 Å². The molecule has 0 unspecified atom stereocenters. The van der Waals surface area contributed by atoms with Crippen molar-refractivity contribution in [2.45, 2.75) is 12.8 Å². The highest BCUT2D eigenvalue weighted by molar-refractivity contribution is 4.75. The lowest BCUT2D eigenvalue weighted by Crippen LogP contribution is -2.38. The Morgan fingerprint density at radius 1 is 0.667 bits per heavy atom. The number of hydrogen-bond donors (Lipinski definition) is 2. The normalized spacial score (nSPS) is 10.6. The van der Waals surface area contributed by atoms with E-state index in [9.17, 15) is 0 Å². The second-order valence-corrected chi connectivity index (χ2v) is 3.95. The van der Waals surface area contributed by atoms with Crippen LogP contribution in [-0.2, 0) is 0 Å². The Labute approximate surface area is 109 Å². The van der Waals surface area contributed by atoms with Crippen molar-refractivity contribution in [3.63, 3.8) is 0 Å². The molecule has 0 aliphatic carbocycles. The molecule has 0 aromatic rings. The molecule has 0 amide bonds. The molecule has 0 aromatic heterocycles. The molecule has 0 aliphatic rings. The Kier molecular flexibility index (Phi) is 11.5. The number of aliphatic hydroxyl groups excluding tert-OH is 2. The van der Waals surface area contributed by atoms with Crippen molar-refractivity contribution < 1.29 is 10.2 Å².